The third-order valence-electron chi connectivity index (χ3n) is 1.05. The maximum absolute atomic E-state index is 10.5. The summed E-state index contributed by atoms with van der Waals surface area (Å²) in [6, 6.07) is 0. The molecule has 11 heavy (non-hydrogen) atoms. The smallest absolute Gasteiger partial charge is 0.316 e. The van der Waals surface area contributed by atoms with Gasteiger partial charge < -0.3 is 13.9 Å². The van der Waals surface area contributed by atoms with Crippen molar-refractivity contribution in [2.24, 2.45) is 0 Å². The molecule has 0 rings (SSSR count). The number of rotatable bonds is 5. The molecule has 0 atom stereocenters. The molecule has 0 spiro atoms. The quantitative estimate of drug-likeness (QED) is 0.318. The van der Waals surface area contributed by atoms with Crippen molar-refractivity contribution in [1.29, 1.82) is 0 Å². The second-order valence-electron chi connectivity index (χ2n) is 1.74. The van der Waals surface area contributed by atoms with Crippen LogP contribution in [0, 0.1) is 0 Å². The first-order valence-corrected chi connectivity index (χ1v) is 4.48. The van der Waals surface area contributed by atoms with Crippen molar-refractivity contribution >= 4 is 15.7 Å². The van der Waals surface area contributed by atoms with Crippen LogP contribution in [-0.2, 0) is 18.7 Å². The standard InChI is InChI=1S/C6H12O4Si/c1-4-5(7)10-11-6(8-2)9-3/h4,6H,1,11H2,2-3H3. The van der Waals surface area contributed by atoms with Gasteiger partial charge in [0.2, 0.25) is 0 Å². The molecule has 0 aliphatic rings. The fraction of sp³-hybridized carbons (Fsp3) is 0.500. The Kier molecular flexibility index (Phi) is 5.72. The minimum absolute atomic E-state index is 0.362. The van der Waals surface area contributed by atoms with Gasteiger partial charge in [-0.1, -0.05) is 6.58 Å². The second-order valence-corrected chi connectivity index (χ2v) is 3.02. The van der Waals surface area contributed by atoms with Gasteiger partial charge in [0, 0.05) is 20.3 Å². The van der Waals surface area contributed by atoms with Crippen LogP contribution in [0.5, 0.6) is 0 Å². The summed E-state index contributed by atoms with van der Waals surface area (Å²) in [5.74, 6) is -0.783. The van der Waals surface area contributed by atoms with Crippen LogP contribution in [0.3, 0.4) is 0 Å². The summed E-state index contributed by atoms with van der Waals surface area (Å²) < 4.78 is 14.4. The van der Waals surface area contributed by atoms with Crippen LogP contribution in [0.15, 0.2) is 12.7 Å². The number of carbonyl (C=O) groups is 1. The molecule has 0 aromatic heterocycles. The van der Waals surface area contributed by atoms with E-state index in [1.54, 1.807) is 0 Å². The van der Waals surface area contributed by atoms with Crippen LogP contribution >= 0.6 is 0 Å². The number of ether oxygens (including phenoxy) is 2. The monoisotopic (exact) mass is 176 g/mol. The molecular weight excluding hydrogens is 164 g/mol. The first kappa shape index (κ1) is 10.3. The molecule has 0 aromatic carbocycles. The molecule has 0 heterocycles. The lowest BCUT2D eigenvalue weighted by Gasteiger charge is -2.11. The first-order valence-electron chi connectivity index (χ1n) is 3.09. The molecule has 0 saturated carbocycles. The molecule has 0 aliphatic carbocycles. The lowest BCUT2D eigenvalue weighted by molar-refractivity contribution is -0.130. The molecule has 0 saturated heterocycles. The average Bonchev–Trinajstić information content (AvgIpc) is 2.06. The predicted molar refractivity (Wildman–Crippen MR) is 42.6 cm³/mol. The van der Waals surface area contributed by atoms with Gasteiger partial charge in [0.15, 0.2) is 5.91 Å². The SMILES string of the molecule is C=CC(=O)O[SiH2]C(OC)OC. The first-order chi connectivity index (χ1) is 5.24. The van der Waals surface area contributed by atoms with Crippen molar-refractivity contribution in [3.63, 3.8) is 0 Å². The van der Waals surface area contributed by atoms with Crippen molar-refractivity contribution in [3.05, 3.63) is 12.7 Å². The van der Waals surface area contributed by atoms with Gasteiger partial charge in [-0.25, -0.2) is 4.79 Å². The maximum Gasteiger partial charge on any atom is 0.316 e. The summed E-state index contributed by atoms with van der Waals surface area (Å²) in [6.45, 7) is 3.26. The molecule has 0 bridgehead atoms. The Morgan fingerprint density at radius 1 is 1.55 bits per heavy atom. The van der Waals surface area contributed by atoms with E-state index in [1.165, 1.54) is 14.2 Å². The molecular formula is C6H12O4Si. The summed E-state index contributed by atoms with van der Waals surface area (Å²) >= 11 is 0. The molecule has 64 valence electrons. The Labute approximate surface area is 68.1 Å². The van der Waals surface area contributed by atoms with E-state index in [4.69, 9.17) is 13.9 Å². The Bertz CT molecular complexity index is 133. The number of hydrogen-bond donors (Lipinski definition) is 0. The Balaban J connectivity index is 3.49. The summed E-state index contributed by atoms with van der Waals surface area (Å²) in [4.78, 5) is 10.5. The van der Waals surface area contributed by atoms with Crippen molar-refractivity contribution in [2.75, 3.05) is 14.2 Å². The fourth-order valence-corrected chi connectivity index (χ4v) is 1.13. The van der Waals surface area contributed by atoms with Gasteiger partial charge in [-0.15, -0.1) is 0 Å². The Morgan fingerprint density at radius 2 is 2.09 bits per heavy atom. The van der Waals surface area contributed by atoms with Gasteiger partial charge in [-0.05, 0) is 0 Å². The average molecular weight is 176 g/mol. The van der Waals surface area contributed by atoms with Crippen molar-refractivity contribution in [3.8, 4) is 0 Å². The van der Waals surface area contributed by atoms with Crippen LogP contribution < -0.4 is 0 Å². The molecule has 0 radical (unpaired) electrons. The van der Waals surface area contributed by atoms with Gasteiger partial charge in [-0.3, -0.25) is 0 Å². The largest absolute Gasteiger partial charge is 0.516 e. The van der Waals surface area contributed by atoms with Crippen LogP contribution in [0.2, 0.25) is 0 Å². The number of hydrogen-bond acceptors (Lipinski definition) is 4. The Hall–Kier alpha value is -0.653. The molecule has 0 aromatic rings. The molecule has 0 aliphatic heterocycles. The van der Waals surface area contributed by atoms with Crippen molar-refractivity contribution < 1.29 is 18.7 Å². The minimum atomic E-state index is -1.10. The van der Waals surface area contributed by atoms with E-state index in [0.29, 0.717) is 0 Å². The van der Waals surface area contributed by atoms with Crippen LogP contribution in [-0.4, -0.2) is 35.9 Å². The highest BCUT2D eigenvalue weighted by Crippen LogP contribution is 1.89. The lowest BCUT2D eigenvalue weighted by Crippen LogP contribution is -2.25. The lowest BCUT2D eigenvalue weighted by atomic mass is 10.7. The molecule has 0 unspecified atom stereocenters. The highest BCUT2D eigenvalue weighted by Gasteiger charge is 2.08. The van der Waals surface area contributed by atoms with Gasteiger partial charge >= 0.3 is 5.97 Å². The normalized spacial score (nSPS) is 10.8. The molecule has 0 fully saturated rings. The fourth-order valence-electron chi connectivity index (χ4n) is 0.441. The number of carbonyl (C=O) groups excluding carboxylic acids is 1. The highest BCUT2D eigenvalue weighted by atomic mass is 28.2. The van der Waals surface area contributed by atoms with Gasteiger partial charge in [0.25, 0.3) is 9.76 Å². The van der Waals surface area contributed by atoms with Crippen LogP contribution in [0.1, 0.15) is 0 Å². The summed E-state index contributed by atoms with van der Waals surface area (Å²) in [5.41, 5.74) is 0. The topological polar surface area (TPSA) is 44.8 Å². The van der Waals surface area contributed by atoms with Crippen LogP contribution in [0.4, 0.5) is 0 Å². The van der Waals surface area contributed by atoms with Gasteiger partial charge in [0.1, 0.15) is 0 Å². The van der Waals surface area contributed by atoms with Crippen LogP contribution in [0.25, 0.3) is 0 Å². The number of methoxy groups -OCH3 is 2. The molecule has 0 amide bonds. The zero-order valence-corrected chi connectivity index (χ0v) is 8.12. The van der Waals surface area contributed by atoms with Crippen molar-refractivity contribution in [1.82, 2.24) is 0 Å². The van der Waals surface area contributed by atoms with E-state index in [0.717, 1.165) is 6.08 Å². The van der Waals surface area contributed by atoms with E-state index >= 15 is 0 Å². The third-order valence-corrected chi connectivity index (χ3v) is 2.44. The molecule has 0 N–H and O–H groups in total. The van der Waals surface area contributed by atoms with E-state index in [2.05, 4.69) is 6.58 Å². The van der Waals surface area contributed by atoms with E-state index < -0.39 is 15.7 Å². The maximum atomic E-state index is 10.5. The van der Waals surface area contributed by atoms with Crippen molar-refractivity contribution in [2.45, 2.75) is 5.91 Å². The molecule has 5 heteroatoms. The highest BCUT2D eigenvalue weighted by molar-refractivity contribution is 6.32. The second kappa shape index (κ2) is 6.08. The van der Waals surface area contributed by atoms with Gasteiger partial charge in [-0.2, -0.15) is 0 Å². The Morgan fingerprint density at radius 3 is 2.45 bits per heavy atom. The summed E-state index contributed by atoms with van der Waals surface area (Å²) in [6.07, 6.45) is 1.12. The van der Waals surface area contributed by atoms with E-state index in [-0.39, 0.29) is 5.91 Å². The van der Waals surface area contributed by atoms with E-state index in [9.17, 15) is 4.79 Å². The summed E-state index contributed by atoms with van der Waals surface area (Å²) in [5, 5.41) is 0. The predicted octanol–water partition coefficient (Wildman–Crippen LogP) is -0.624. The summed E-state index contributed by atoms with van der Waals surface area (Å²) in [7, 11) is 1.91. The molecule has 4 nitrogen and oxygen atoms in total. The minimum Gasteiger partial charge on any atom is -0.516 e. The zero-order valence-electron chi connectivity index (χ0n) is 6.70. The van der Waals surface area contributed by atoms with Gasteiger partial charge in [0.05, 0.1) is 0 Å². The van der Waals surface area contributed by atoms with E-state index in [1.807, 2.05) is 0 Å². The third kappa shape index (κ3) is 4.71. The zero-order chi connectivity index (χ0) is 8.69.